The Hall–Kier alpha value is -3.93. The maximum Gasteiger partial charge on any atom is 0.142 e. The first-order valence-electron chi connectivity index (χ1n) is 9.86. The van der Waals surface area contributed by atoms with Gasteiger partial charge in [-0.2, -0.15) is 0 Å². The van der Waals surface area contributed by atoms with Crippen LogP contribution in [0.5, 0.6) is 5.75 Å². The van der Waals surface area contributed by atoms with Gasteiger partial charge in [-0.1, -0.05) is 59.3 Å². The molecular formula is C24H21N5O. The van der Waals surface area contributed by atoms with Crippen molar-refractivity contribution < 1.29 is 4.74 Å². The van der Waals surface area contributed by atoms with E-state index in [1.165, 1.54) is 11.1 Å². The quantitative estimate of drug-likeness (QED) is 0.450. The molecule has 0 radical (unpaired) electrons. The molecule has 0 aliphatic carbocycles. The van der Waals surface area contributed by atoms with Crippen LogP contribution in [-0.2, 0) is 13.2 Å². The van der Waals surface area contributed by atoms with Crippen molar-refractivity contribution in [1.29, 1.82) is 0 Å². The summed E-state index contributed by atoms with van der Waals surface area (Å²) < 4.78 is 7.90. The highest BCUT2D eigenvalue weighted by Crippen LogP contribution is 2.29. The van der Waals surface area contributed by atoms with Crippen molar-refractivity contribution in [3.8, 4) is 17.1 Å². The van der Waals surface area contributed by atoms with E-state index in [4.69, 9.17) is 4.74 Å². The summed E-state index contributed by atoms with van der Waals surface area (Å²) in [6, 6.07) is 24.3. The van der Waals surface area contributed by atoms with Crippen LogP contribution in [0.4, 0.5) is 0 Å². The van der Waals surface area contributed by atoms with E-state index in [0.717, 1.165) is 33.9 Å². The molecule has 6 nitrogen and oxygen atoms in total. The second-order valence-corrected chi connectivity index (χ2v) is 7.28. The molecule has 5 aromatic rings. The van der Waals surface area contributed by atoms with Crippen LogP contribution < -0.4 is 4.74 Å². The highest BCUT2D eigenvalue weighted by molar-refractivity contribution is 5.80. The molecular weight excluding hydrogens is 374 g/mol. The van der Waals surface area contributed by atoms with Gasteiger partial charge < -0.3 is 9.72 Å². The molecule has 1 N–H and O–H groups in total. The molecule has 0 fully saturated rings. The van der Waals surface area contributed by atoms with Gasteiger partial charge in [0.1, 0.15) is 23.9 Å². The van der Waals surface area contributed by atoms with Gasteiger partial charge in [-0.3, -0.25) is 0 Å². The summed E-state index contributed by atoms with van der Waals surface area (Å²) in [7, 11) is 0. The number of rotatable bonds is 6. The molecule has 0 bridgehead atoms. The van der Waals surface area contributed by atoms with Gasteiger partial charge in [-0.05, 0) is 36.8 Å². The van der Waals surface area contributed by atoms with Crippen molar-refractivity contribution in [2.24, 2.45) is 0 Å². The first-order chi connectivity index (χ1) is 14.7. The van der Waals surface area contributed by atoms with Crippen LogP contribution in [0.1, 0.15) is 16.8 Å². The van der Waals surface area contributed by atoms with Gasteiger partial charge in [0, 0.05) is 0 Å². The largest absolute Gasteiger partial charge is 0.486 e. The van der Waals surface area contributed by atoms with Crippen molar-refractivity contribution in [2.45, 2.75) is 20.1 Å². The lowest BCUT2D eigenvalue weighted by atomic mass is 10.1. The SMILES string of the molecule is Cc1ccc(Cn2cc(COc3ccccc3-c3nc4ccccc4[nH]3)nn2)cc1. The second kappa shape index (κ2) is 7.83. The summed E-state index contributed by atoms with van der Waals surface area (Å²) in [4.78, 5) is 8.05. The molecule has 0 aliphatic heterocycles. The Labute approximate surface area is 174 Å². The van der Waals surface area contributed by atoms with Gasteiger partial charge in [-0.15, -0.1) is 5.10 Å². The number of aromatic nitrogens is 5. The summed E-state index contributed by atoms with van der Waals surface area (Å²) in [5, 5.41) is 8.47. The number of hydrogen-bond donors (Lipinski definition) is 1. The molecule has 0 spiro atoms. The summed E-state index contributed by atoms with van der Waals surface area (Å²) in [6.45, 7) is 3.10. The van der Waals surface area contributed by atoms with E-state index in [0.29, 0.717) is 13.2 Å². The highest BCUT2D eigenvalue weighted by atomic mass is 16.5. The lowest BCUT2D eigenvalue weighted by Gasteiger charge is -2.08. The Morgan fingerprint density at radius 2 is 1.73 bits per heavy atom. The lowest BCUT2D eigenvalue weighted by Crippen LogP contribution is -2.00. The van der Waals surface area contributed by atoms with E-state index in [1.54, 1.807) is 0 Å². The summed E-state index contributed by atoms with van der Waals surface area (Å²) in [6.07, 6.45) is 1.92. The number of aromatic amines is 1. The van der Waals surface area contributed by atoms with E-state index >= 15 is 0 Å². The number of nitrogens with one attached hydrogen (secondary N) is 1. The van der Waals surface area contributed by atoms with Crippen LogP contribution in [-0.4, -0.2) is 25.0 Å². The Morgan fingerprint density at radius 1 is 0.933 bits per heavy atom. The topological polar surface area (TPSA) is 68.6 Å². The molecule has 0 aliphatic rings. The molecule has 0 saturated carbocycles. The van der Waals surface area contributed by atoms with Gasteiger partial charge in [0.15, 0.2) is 0 Å². The van der Waals surface area contributed by atoms with E-state index in [-0.39, 0.29) is 0 Å². The van der Waals surface area contributed by atoms with Crippen LogP contribution >= 0.6 is 0 Å². The molecule has 6 heteroatoms. The molecule has 148 valence electrons. The van der Waals surface area contributed by atoms with Crippen LogP contribution in [0, 0.1) is 6.92 Å². The number of H-pyrrole nitrogens is 1. The van der Waals surface area contributed by atoms with Gasteiger partial charge in [0.25, 0.3) is 0 Å². The number of imidazole rings is 1. The smallest absolute Gasteiger partial charge is 0.142 e. The van der Waals surface area contributed by atoms with Crippen molar-refractivity contribution in [3.63, 3.8) is 0 Å². The number of aryl methyl sites for hydroxylation is 1. The first-order valence-corrected chi connectivity index (χ1v) is 9.86. The van der Waals surface area contributed by atoms with Gasteiger partial charge in [-0.25, -0.2) is 9.67 Å². The number of ether oxygens (including phenoxy) is 1. The highest BCUT2D eigenvalue weighted by Gasteiger charge is 2.11. The zero-order valence-electron chi connectivity index (χ0n) is 16.6. The van der Waals surface area contributed by atoms with Crippen LogP contribution in [0.2, 0.25) is 0 Å². The number of benzene rings is 3. The fraction of sp³-hybridized carbons (Fsp3) is 0.125. The summed E-state index contributed by atoms with van der Waals surface area (Å²) in [5.74, 6) is 1.54. The molecule has 30 heavy (non-hydrogen) atoms. The molecule has 5 rings (SSSR count). The van der Waals surface area contributed by atoms with E-state index in [2.05, 4.69) is 51.5 Å². The van der Waals surface area contributed by atoms with Crippen molar-refractivity contribution in [3.05, 3.63) is 95.8 Å². The molecule has 2 heterocycles. The Bertz CT molecular complexity index is 1250. The molecule has 0 saturated heterocycles. The fourth-order valence-corrected chi connectivity index (χ4v) is 3.38. The minimum atomic E-state index is 0.338. The minimum absolute atomic E-state index is 0.338. The maximum atomic E-state index is 6.08. The van der Waals surface area contributed by atoms with Crippen molar-refractivity contribution in [2.75, 3.05) is 0 Å². The average molecular weight is 395 g/mol. The standard InChI is InChI=1S/C24H21N5O/c1-17-10-12-18(13-11-17)14-29-15-19(27-28-29)16-30-23-9-5-2-6-20(23)24-25-21-7-3-4-8-22(21)26-24/h2-13,15H,14,16H2,1H3,(H,25,26). The third-order valence-corrected chi connectivity index (χ3v) is 4.96. The number of para-hydroxylation sites is 3. The fourth-order valence-electron chi connectivity index (χ4n) is 3.38. The molecule has 2 aromatic heterocycles. The molecule has 0 unspecified atom stereocenters. The predicted molar refractivity (Wildman–Crippen MR) is 116 cm³/mol. The average Bonchev–Trinajstić information content (AvgIpc) is 3.41. The molecule has 3 aromatic carbocycles. The maximum absolute atomic E-state index is 6.08. The predicted octanol–water partition coefficient (Wildman–Crippen LogP) is 4.76. The Kier molecular flexibility index (Phi) is 4.73. The van der Waals surface area contributed by atoms with E-state index < -0.39 is 0 Å². The van der Waals surface area contributed by atoms with E-state index in [1.807, 2.05) is 59.4 Å². The van der Waals surface area contributed by atoms with Crippen LogP contribution in [0.15, 0.2) is 79.0 Å². The number of fused-ring (bicyclic) bond motifs is 1. The molecule has 0 amide bonds. The normalized spacial score (nSPS) is 11.1. The summed E-state index contributed by atoms with van der Waals surface area (Å²) in [5.41, 5.74) is 6.06. The van der Waals surface area contributed by atoms with Crippen molar-refractivity contribution >= 4 is 11.0 Å². The minimum Gasteiger partial charge on any atom is -0.486 e. The van der Waals surface area contributed by atoms with E-state index in [9.17, 15) is 0 Å². The summed E-state index contributed by atoms with van der Waals surface area (Å²) >= 11 is 0. The van der Waals surface area contributed by atoms with Gasteiger partial charge >= 0.3 is 0 Å². The first kappa shape index (κ1) is 18.1. The zero-order chi connectivity index (χ0) is 20.3. The Morgan fingerprint density at radius 3 is 2.60 bits per heavy atom. The third kappa shape index (κ3) is 3.80. The van der Waals surface area contributed by atoms with Crippen molar-refractivity contribution in [1.82, 2.24) is 25.0 Å². The number of hydrogen-bond acceptors (Lipinski definition) is 4. The number of nitrogens with zero attached hydrogens (tertiary/aromatic N) is 4. The van der Waals surface area contributed by atoms with Gasteiger partial charge in [0.05, 0.1) is 29.3 Å². The van der Waals surface area contributed by atoms with Gasteiger partial charge in [0.2, 0.25) is 0 Å². The molecule has 0 atom stereocenters. The zero-order valence-corrected chi connectivity index (χ0v) is 16.6. The van der Waals surface area contributed by atoms with Crippen LogP contribution in [0.25, 0.3) is 22.4 Å². The Balaban J connectivity index is 1.31. The monoisotopic (exact) mass is 395 g/mol. The second-order valence-electron chi connectivity index (χ2n) is 7.28. The van der Waals surface area contributed by atoms with Crippen LogP contribution in [0.3, 0.4) is 0 Å². The lowest BCUT2D eigenvalue weighted by molar-refractivity contribution is 0.302. The third-order valence-electron chi connectivity index (χ3n) is 4.96.